The fourth-order valence-corrected chi connectivity index (χ4v) is 4.25. The van der Waals surface area contributed by atoms with Crippen LogP contribution in [0, 0.1) is 11.8 Å². The molecule has 0 fully saturated rings. The van der Waals surface area contributed by atoms with Crippen LogP contribution in [0.3, 0.4) is 0 Å². The summed E-state index contributed by atoms with van der Waals surface area (Å²) in [6, 6.07) is 18.6. The van der Waals surface area contributed by atoms with Gasteiger partial charge in [0.2, 0.25) is 5.91 Å². The predicted molar refractivity (Wildman–Crippen MR) is 127 cm³/mol. The number of aliphatic hydroxyl groups is 1. The lowest BCUT2D eigenvalue weighted by atomic mass is 9.84. The van der Waals surface area contributed by atoms with Gasteiger partial charge in [0.25, 0.3) is 0 Å². The molecule has 0 aliphatic heterocycles. The van der Waals surface area contributed by atoms with Gasteiger partial charge >= 0.3 is 6.36 Å². The number of carbonyl (C=O) groups excluding carboxylic acids is 1. The van der Waals surface area contributed by atoms with Crippen LogP contribution in [-0.4, -0.2) is 38.5 Å². The number of nitrogens with zero attached hydrogens (tertiary/aromatic N) is 3. The van der Waals surface area contributed by atoms with Crippen LogP contribution in [0.1, 0.15) is 17.0 Å². The van der Waals surface area contributed by atoms with Gasteiger partial charge in [0, 0.05) is 19.2 Å². The predicted octanol–water partition coefficient (Wildman–Crippen LogP) is 3.87. The molecule has 7 nitrogen and oxygen atoms in total. The van der Waals surface area contributed by atoms with E-state index in [1.165, 1.54) is 24.3 Å². The number of halogens is 3. The summed E-state index contributed by atoms with van der Waals surface area (Å²) < 4.78 is 43.2. The number of alkyl halides is 3. The topological polar surface area (TPSA) is 103 Å². The number of fused-ring (bicyclic) bond motifs is 1. The van der Waals surface area contributed by atoms with E-state index < -0.39 is 24.1 Å². The zero-order chi connectivity index (χ0) is 25.7. The molecule has 36 heavy (non-hydrogen) atoms. The summed E-state index contributed by atoms with van der Waals surface area (Å²) in [5.74, 6) is -1.46. The molecule has 1 amide bonds. The van der Waals surface area contributed by atoms with Crippen LogP contribution in [0.2, 0.25) is 0 Å². The fourth-order valence-electron chi connectivity index (χ4n) is 4.25. The molecule has 0 bridgehead atoms. The van der Waals surface area contributed by atoms with Gasteiger partial charge in [-0.25, -0.2) is 9.97 Å². The van der Waals surface area contributed by atoms with Crippen molar-refractivity contribution < 1.29 is 27.8 Å². The summed E-state index contributed by atoms with van der Waals surface area (Å²) in [5.41, 5.74) is 8.60. The number of aromatic nitrogens is 3. The number of nitrogens with two attached hydrogens (primary N) is 1. The van der Waals surface area contributed by atoms with Crippen molar-refractivity contribution in [3.63, 3.8) is 0 Å². The molecule has 2 aromatic heterocycles. The molecule has 3 N–H and O–H groups in total. The van der Waals surface area contributed by atoms with Crippen molar-refractivity contribution in [2.24, 2.45) is 17.6 Å². The van der Waals surface area contributed by atoms with Crippen LogP contribution in [-0.2, 0) is 24.2 Å². The number of pyridine rings is 1. The number of benzene rings is 2. The van der Waals surface area contributed by atoms with Crippen molar-refractivity contribution in [1.82, 2.24) is 14.5 Å². The Kier molecular flexibility index (Phi) is 7.54. The third kappa shape index (κ3) is 6.19. The van der Waals surface area contributed by atoms with Crippen LogP contribution in [0.25, 0.3) is 11.2 Å². The molecule has 0 saturated carbocycles. The van der Waals surface area contributed by atoms with E-state index >= 15 is 0 Å². The molecule has 1 unspecified atom stereocenters. The highest BCUT2D eigenvalue weighted by atomic mass is 19.4. The molecule has 10 heteroatoms. The SMILES string of the molecule is NC(=O)C(Cc1nc2cccnc2n1Cc1ccc(OC(F)(F)F)cc1)[C@H](CO)Cc1ccccc1. The highest BCUT2D eigenvalue weighted by molar-refractivity contribution is 5.78. The Morgan fingerprint density at radius 3 is 2.36 bits per heavy atom. The second-order valence-electron chi connectivity index (χ2n) is 8.50. The lowest BCUT2D eigenvalue weighted by molar-refractivity contribution is -0.274. The summed E-state index contributed by atoms with van der Waals surface area (Å²) in [7, 11) is 0. The molecular weight excluding hydrogens is 473 g/mol. The van der Waals surface area contributed by atoms with Crippen molar-refractivity contribution in [2.45, 2.75) is 25.7 Å². The van der Waals surface area contributed by atoms with E-state index in [4.69, 9.17) is 5.73 Å². The Hall–Kier alpha value is -3.92. The minimum atomic E-state index is -4.77. The first-order valence-electron chi connectivity index (χ1n) is 11.3. The van der Waals surface area contributed by atoms with Crippen molar-refractivity contribution >= 4 is 17.1 Å². The Balaban J connectivity index is 1.63. The van der Waals surface area contributed by atoms with Crippen LogP contribution in [0.5, 0.6) is 5.75 Å². The summed E-state index contributed by atoms with van der Waals surface area (Å²) in [4.78, 5) is 21.6. The number of hydrogen-bond donors (Lipinski definition) is 2. The molecule has 0 radical (unpaired) electrons. The van der Waals surface area contributed by atoms with E-state index in [9.17, 15) is 23.1 Å². The Bertz CT molecular complexity index is 1310. The van der Waals surface area contributed by atoms with Gasteiger partial charge in [-0.05, 0) is 47.7 Å². The molecule has 2 aromatic carbocycles. The van der Waals surface area contributed by atoms with E-state index in [1.54, 1.807) is 18.3 Å². The quantitative estimate of drug-likeness (QED) is 0.346. The number of aliphatic hydroxyl groups excluding tert-OH is 1. The van der Waals surface area contributed by atoms with Gasteiger partial charge in [-0.15, -0.1) is 13.2 Å². The second kappa shape index (κ2) is 10.8. The van der Waals surface area contributed by atoms with Gasteiger partial charge in [0.05, 0.1) is 12.5 Å². The first kappa shape index (κ1) is 25.2. The Labute approximate surface area is 205 Å². The third-order valence-electron chi connectivity index (χ3n) is 5.99. The molecule has 0 aliphatic rings. The first-order valence-corrected chi connectivity index (χ1v) is 11.3. The second-order valence-corrected chi connectivity index (χ2v) is 8.50. The van der Waals surface area contributed by atoms with E-state index in [2.05, 4.69) is 14.7 Å². The number of imidazole rings is 1. The van der Waals surface area contributed by atoms with Gasteiger partial charge in [0.15, 0.2) is 5.65 Å². The van der Waals surface area contributed by atoms with Gasteiger partial charge in [-0.3, -0.25) is 4.79 Å². The monoisotopic (exact) mass is 498 g/mol. The van der Waals surface area contributed by atoms with Crippen molar-refractivity contribution in [2.75, 3.05) is 6.61 Å². The van der Waals surface area contributed by atoms with Crippen LogP contribution in [0.4, 0.5) is 13.2 Å². The molecule has 0 saturated heterocycles. The van der Waals surface area contributed by atoms with Crippen molar-refractivity contribution in [3.8, 4) is 5.75 Å². The average Bonchev–Trinajstić information content (AvgIpc) is 3.19. The molecule has 4 aromatic rings. The maximum absolute atomic E-state index is 12.5. The molecule has 0 spiro atoms. The number of primary amides is 1. The number of amides is 1. The Morgan fingerprint density at radius 2 is 1.72 bits per heavy atom. The highest BCUT2D eigenvalue weighted by Gasteiger charge is 2.31. The summed E-state index contributed by atoms with van der Waals surface area (Å²) in [5, 5.41) is 10.1. The average molecular weight is 499 g/mol. The fraction of sp³-hybridized carbons (Fsp3) is 0.269. The van der Waals surface area contributed by atoms with E-state index in [0.29, 0.717) is 29.0 Å². The Morgan fingerprint density at radius 1 is 1.00 bits per heavy atom. The molecular formula is C26H25F3N4O3. The van der Waals surface area contributed by atoms with E-state index in [0.717, 1.165) is 5.56 Å². The van der Waals surface area contributed by atoms with Crippen LogP contribution < -0.4 is 10.5 Å². The molecule has 0 aliphatic carbocycles. The van der Waals surface area contributed by atoms with Gasteiger partial charge in [0.1, 0.15) is 17.1 Å². The van der Waals surface area contributed by atoms with Crippen LogP contribution in [0.15, 0.2) is 72.9 Å². The van der Waals surface area contributed by atoms with Crippen molar-refractivity contribution in [3.05, 3.63) is 89.9 Å². The maximum atomic E-state index is 12.5. The number of rotatable bonds is 10. The number of carbonyl (C=O) groups is 1. The molecule has 4 rings (SSSR count). The van der Waals surface area contributed by atoms with Crippen LogP contribution >= 0.6 is 0 Å². The van der Waals surface area contributed by atoms with E-state index in [-0.39, 0.29) is 25.3 Å². The number of hydrogen-bond acceptors (Lipinski definition) is 5. The third-order valence-corrected chi connectivity index (χ3v) is 5.99. The highest BCUT2D eigenvalue weighted by Crippen LogP contribution is 2.26. The molecule has 188 valence electrons. The molecule has 2 heterocycles. The standard InChI is InChI=1S/C26H25F3N4O3/c27-26(28,29)36-20-10-8-18(9-11-20)15-33-23(32-22-7-4-12-31-25(22)33)14-21(24(30)35)19(16-34)13-17-5-2-1-3-6-17/h1-12,19,21,34H,13-16H2,(H2,30,35)/t19-,21?/m0/s1. The zero-order valence-electron chi connectivity index (χ0n) is 19.2. The normalized spacial score (nSPS) is 13.4. The number of ether oxygens (including phenoxy) is 1. The minimum Gasteiger partial charge on any atom is -0.406 e. The smallest absolute Gasteiger partial charge is 0.406 e. The zero-order valence-corrected chi connectivity index (χ0v) is 19.2. The lowest BCUT2D eigenvalue weighted by Gasteiger charge is -2.23. The largest absolute Gasteiger partial charge is 0.573 e. The summed E-state index contributed by atoms with van der Waals surface area (Å²) in [6.45, 7) is 0.0186. The maximum Gasteiger partial charge on any atom is 0.573 e. The lowest BCUT2D eigenvalue weighted by Crippen LogP contribution is -2.35. The van der Waals surface area contributed by atoms with Gasteiger partial charge < -0.3 is 20.1 Å². The molecule has 2 atom stereocenters. The van der Waals surface area contributed by atoms with Crippen molar-refractivity contribution in [1.29, 1.82) is 0 Å². The van der Waals surface area contributed by atoms with Gasteiger partial charge in [-0.1, -0.05) is 42.5 Å². The van der Waals surface area contributed by atoms with Gasteiger partial charge in [-0.2, -0.15) is 0 Å². The minimum absolute atomic E-state index is 0.166. The summed E-state index contributed by atoms with van der Waals surface area (Å²) >= 11 is 0. The summed E-state index contributed by atoms with van der Waals surface area (Å²) in [6.07, 6.45) is -2.53. The first-order chi connectivity index (χ1) is 17.2. The van der Waals surface area contributed by atoms with E-state index in [1.807, 2.05) is 34.9 Å².